The molecule has 78 valence electrons. The van der Waals surface area contributed by atoms with Gasteiger partial charge in [0.2, 0.25) is 0 Å². The molecule has 0 amide bonds. The second-order valence-electron chi connectivity index (χ2n) is 3.64. The molecule has 1 aliphatic carbocycles. The summed E-state index contributed by atoms with van der Waals surface area (Å²) >= 11 is 0. The van der Waals surface area contributed by atoms with Crippen LogP contribution in [0, 0.1) is 5.92 Å². The van der Waals surface area contributed by atoms with Crippen LogP contribution in [0.5, 0.6) is 0 Å². The largest absolute Gasteiger partial charge is 1.00 e. The summed E-state index contributed by atoms with van der Waals surface area (Å²) in [6.07, 6.45) is 5.28. The molecule has 0 aromatic carbocycles. The van der Waals surface area contributed by atoms with Crippen molar-refractivity contribution in [2.45, 2.75) is 44.0 Å². The third-order valence-electron chi connectivity index (χ3n) is 2.60. The Morgan fingerprint density at radius 1 is 1.14 bits per heavy atom. The summed E-state index contributed by atoms with van der Waals surface area (Å²) in [6, 6.07) is 0. The minimum atomic E-state index is -4.51. The van der Waals surface area contributed by atoms with Crippen LogP contribution < -0.4 is 29.6 Å². The van der Waals surface area contributed by atoms with Gasteiger partial charge in [0.25, 0.3) is 0 Å². The van der Waals surface area contributed by atoms with Crippen molar-refractivity contribution in [1.82, 2.24) is 0 Å². The van der Waals surface area contributed by atoms with Gasteiger partial charge in [-0.2, -0.15) is 0 Å². The maximum Gasteiger partial charge on any atom is 1.00 e. The Hall–Kier alpha value is 0.870. The molecule has 0 saturated heterocycles. The zero-order valence-electron chi connectivity index (χ0n) is 8.48. The second kappa shape index (κ2) is 6.45. The quantitative estimate of drug-likeness (QED) is 0.332. The van der Waals surface area contributed by atoms with E-state index in [9.17, 15) is 18.1 Å². The average molecular weight is 230 g/mol. The molecule has 14 heavy (non-hydrogen) atoms. The smallest absolute Gasteiger partial charge is 0.746 e. The topological polar surface area (TPSA) is 77.4 Å². The maximum absolute atomic E-state index is 10.5. The van der Waals surface area contributed by atoms with Crippen molar-refractivity contribution < 1.29 is 47.6 Å². The van der Waals surface area contributed by atoms with Gasteiger partial charge in [0.1, 0.15) is 15.6 Å². The van der Waals surface area contributed by atoms with E-state index in [-0.39, 0.29) is 35.5 Å². The normalized spacial score (nSPS) is 22.1. The van der Waals surface area contributed by atoms with Gasteiger partial charge >= 0.3 is 29.6 Å². The van der Waals surface area contributed by atoms with E-state index >= 15 is 0 Å². The van der Waals surface area contributed by atoms with Gasteiger partial charge in [0, 0.05) is 0 Å². The van der Waals surface area contributed by atoms with Gasteiger partial charge in [0.15, 0.2) is 0 Å². The number of aliphatic hydroxyl groups is 1. The van der Waals surface area contributed by atoms with Crippen molar-refractivity contribution >= 4 is 10.1 Å². The molecule has 0 aliphatic heterocycles. The summed E-state index contributed by atoms with van der Waals surface area (Å²) < 4.78 is 31.6. The van der Waals surface area contributed by atoms with Crippen LogP contribution in [0.4, 0.5) is 0 Å². The third kappa shape index (κ3) is 4.59. The Labute approximate surface area is 107 Å². The molecular formula is C8H15NaO4S. The summed E-state index contributed by atoms with van der Waals surface area (Å²) in [6.45, 7) is 0. The van der Waals surface area contributed by atoms with Crippen molar-refractivity contribution in [3.63, 3.8) is 0 Å². The average Bonchev–Trinajstić information content (AvgIpc) is 2.28. The Kier molecular flexibility index (Phi) is 6.85. The zero-order chi connectivity index (χ0) is 9.90. The predicted molar refractivity (Wildman–Crippen MR) is 46.9 cm³/mol. The van der Waals surface area contributed by atoms with Gasteiger partial charge in [-0.3, -0.25) is 0 Å². The molecular weight excluding hydrogens is 215 g/mol. The summed E-state index contributed by atoms with van der Waals surface area (Å²) in [5.41, 5.74) is -1.69. The standard InChI is InChI=1S/C8H16O4S.Na/c9-8(13(10,11)12)7-5-3-1-2-4-6-7;/h7-9H,1-6H2,(H,10,11,12);/q;+1/p-1. The van der Waals surface area contributed by atoms with Gasteiger partial charge in [0.05, 0.1) is 0 Å². The summed E-state index contributed by atoms with van der Waals surface area (Å²) in [5, 5.41) is 9.24. The number of hydrogen-bond acceptors (Lipinski definition) is 4. The molecule has 0 radical (unpaired) electrons. The molecule has 0 aromatic heterocycles. The van der Waals surface area contributed by atoms with Crippen LogP contribution in [0.15, 0.2) is 0 Å². The number of aliphatic hydroxyl groups excluding tert-OH is 1. The van der Waals surface area contributed by atoms with Crippen LogP contribution in [0.25, 0.3) is 0 Å². The maximum atomic E-state index is 10.5. The van der Waals surface area contributed by atoms with Crippen LogP contribution in [-0.4, -0.2) is 23.5 Å². The van der Waals surface area contributed by atoms with Crippen molar-refractivity contribution in [1.29, 1.82) is 0 Å². The molecule has 1 saturated carbocycles. The molecule has 0 spiro atoms. The number of rotatable bonds is 2. The van der Waals surface area contributed by atoms with E-state index in [1.165, 1.54) is 0 Å². The van der Waals surface area contributed by atoms with Gasteiger partial charge < -0.3 is 9.66 Å². The SMILES string of the molecule is O=S(=O)([O-])C(O)C1CCCCCC1.[Na+]. The van der Waals surface area contributed by atoms with Gasteiger partial charge in [-0.1, -0.05) is 25.7 Å². The fraction of sp³-hybridized carbons (Fsp3) is 1.00. The fourth-order valence-corrected chi connectivity index (χ4v) is 2.58. The fourth-order valence-electron chi connectivity index (χ4n) is 1.83. The van der Waals surface area contributed by atoms with Gasteiger partial charge in [-0.05, 0) is 18.8 Å². The van der Waals surface area contributed by atoms with Crippen molar-refractivity contribution in [2.24, 2.45) is 5.92 Å². The van der Waals surface area contributed by atoms with Crippen LogP contribution >= 0.6 is 0 Å². The molecule has 0 aromatic rings. The minimum Gasteiger partial charge on any atom is -0.746 e. The molecule has 1 fully saturated rings. The van der Waals surface area contributed by atoms with Gasteiger partial charge in [-0.25, -0.2) is 8.42 Å². The monoisotopic (exact) mass is 230 g/mol. The van der Waals surface area contributed by atoms with E-state index in [1.807, 2.05) is 0 Å². The first-order valence-corrected chi connectivity index (χ1v) is 6.12. The van der Waals surface area contributed by atoms with Crippen LogP contribution in [0.3, 0.4) is 0 Å². The van der Waals surface area contributed by atoms with E-state index in [1.54, 1.807) is 0 Å². The Morgan fingerprint density at radius 2 is 1.57 bits per heavy atom. The van der Waals surface area contributed by atoms with Crippen molar-refractivity contribution in [3.05, 3.63) is 0 Å². The molecule has 4 nitrogen and oxygen atoms in total. The molecule has 6 heteroatoms. The van der Waals surface area contributed by atoms with E-state index in [2.05, 4.69) is 0 Å². The molecule has 1 N–H and O–H groups in total. The van der Waals surface area contributed by atoms with Crippen molar-refractivity contribution in [3.8, 4) is 0 Å². The molecule has 0 bridgehead atoms. The molecule has 1 rings (SSSR count). The molecule has 0 heterocycles. The summed E-state index contributed by atoms with van der Waals surface area (Å²) in [5.74, 6) is -0.343. The van der Waals surface area contributed by atoms with Gasteiger partial charge in [-0.15, -0.1) is 0 Å². The number of hydrogen-bond donors (Lipinski definition) is 1. The van der Waals surface area contributed by atoms with E-state index in [0.717, 1.165) is 25.7 Å². The van der Waals surface area contributed by atoms with E-state index in [4.69, 9.17) is 0 Å². The predicted octanol–water partition coefficient (Wildman–Crippen LogP) is -2.18. The van der Waals surface area contributed by atoms with Crippen LogP contribution in [0.1, 0.15) is 38.5 Å². The Balaban J connectivity index is 0.00000169. The second-order valence-corrected chi connectivity index (χ2v) is 5.10. The van der Waals surface area contributed by atoms with Crippen molar-refractivity contribution in [2.75, 3.05) is 0 Å². The molecule has 1 atom stereocenters. The van der Waals surface area contributed by atoms with E-state index < -0.39 is 15.6 Å². The minimum absolute atomic E-state index is 0. The Morgan fingerprint density at radius 3 is 1.93 bits per heavy atom. The Bertz CT molecular complexity index is 244. The third-order valence-corrected chi connectivity index (χ3v) is 3.58. The molecule has 1 unspecified atom stereocenters. The van der Waals surface area contributed by atoms with Crippen LogP contribution in [-0.2, 0) is 10.1 Å². The van der Waals surface area contributed by atoms with E-state index in [0.29, 0.717) is 12.8 Å². The first-order valence-electron chi connectivity index (χ1n) is 4.64. The van der Waals surface area contributed by atoms with Crippen LogP contribution in [0.2, 0.25) is 0 Å². The molecule has 1 aliphatic rings. The summed E-state index contributed by atoms with van der Waals surface area (Å²) in [4.78, 5) is 0. The zero-order valence-corrected chi connectivity index (χ0v) is 11.3. The summed E-state index contributed by atoms with van der Waals surface area (Å²) in [7, 11) is -4.51. The first kappa shape index (κ1) is 14.9. The first-order chi connectivity index (χ1) is 6.02.